The molecule has 2 N–H and O–H groups in total. The summed E-state index contributed by atoms with van der Waals surface area (Å²) < 4.78 is 0. The van der Waals surface area contributed by atoms with Gasteiger partial charge in [0.15, 0.2) is 5.03 Å². The predicted molar refractivity (Wildman–Crippen MR) is 54.2 cm³/mol. The van der Waals surface area contributed by atoms with Crippen LogP contribution in [0.3, 0.4) is 0 Å². The molecular formula is C6H14N4O2S. The smallest absolute Gasteiger partial charge is 0.232 e. The lowest BCUT2D eigenvalue weighted by Crippen LogP contribution is -2.15. The number of nitrogens with two attached hydrogens (primary N) is 1. The molecule has 0 heterocycles. The lowest BCUT2D eigenvalue weighted by atomic mass is 10.5. The summed E-state index contributed by atoms with van der Waals surface area (Å²) in [4.78, 5) is 11.9. The Labute approximate surface area is 81.3 Å². The lowest BCUT2D eigenvalue weighted by molar-refractivity contribution is -0.484. The maximum Gasteiger partial charge on any atom is 0.232 e. The van der Waals surface area contributed by atoms with Gasteiger partial charge in [0.05, 0.1) is 5.10 Å². The van der Waals surface area contributed by atoms with Crippen molar-refractivity contribution in [2.24, 2.45) is 10.8 Å². The van der Waals surface area contributed by atoms with Crippen molar-refractivity contribution >= 4 is 16.9 Å². The van der Waals surface area contributed by atoms with Crippen molar-refractivity contribution < 1.29 is 5.03 Å². The fourth-order valence-corrected chi connectivity index (χ4v) is 1.27. The third-order valence-electron chi connectivity index (χ3n) is 1.18. The van der Waals surface area contributed by atoms with E-state index >= 15 is 0 Å². The van der Waals surface area contributed by atoms with E-state index in [9.17, 15) is 10.1 Å². The molecule has 76 valence electrons. The van der Waals surface area contributed by atoms with Crippen molar-refractivity contribution in [3.8, 4) is 0 Å². The Hall–Kier alpha value is -0.820. The molecule has 0 aliphatic heterocycles. The molecular weight excluding hydrogens is 192 g/mol. The number of thioether (sulfide) groups is 1. The first-order valence-corrected chi connectivity index (χ1v) is 4.77. The predicted octanol–water partition coefficient (Wildman–Crippen LogP) is 0.178. The van der Waals surface area contributed by atoms with Crippen molar-refractivity contribution in [1.29, 1.82) is 0 Å². The summed E-state index contributed by atoms with van der Waals surface area (Å²) >= 11 is 1.21. The molecule has 0 aromatic rings. The maximum atomic E-state index is 9.87. The van der Waals surface area contributed by atoms with Crippen LogP contribution in [0.4, 0.5) is 0 Å². The van der Waals surface area contributed by atoms with Crippen LogP contribution in [0.1, 0.15) is 6.42 Å². The second kappa shape index (κ2) is 6.67. The van der Waals surface area contributed by atoms with Gasteiger partial charge in [0, 0.05) is 5.75 Å². The van der Waals surface area contributed by atoms with Gasteiger partial charge < -0.3 is 10.6 Å². The van der Waals surface area contributed by atoms with E-state index in [1.165, 1.54) is 11.8 Å². The average molecular weight is 206 g/mol. The first-order valence-electron chi connectivity index (χ1n) is 3.78. The molecule has 0 bridgehead atoms. The highest BCUT2D eigenvalue weighted by Crippen LogP contribution is 2.02. The van der Waals surface area contributed by atoms with Gasteiger partial charge in [-0.05, 0) is 27.1 Å². The minimum Gasteiger partial charge on any atom is -0.373 e. The standard InChI is InChI=1S/C6H14N4O2S/c1-9(2)4-3-5-13-6(7)8-10(11)12/h3-5H2,1-2H3,(H2,7,8). The Kier molecular flexibility index (Phi) is 6.25. The van der Waals surface area contributed by atoms with E-state index in [2.05, 4.69) is 5.10 Å². The van der Waals surface area contributed by atoms with Crippen LogP contribution >= 0.6 is 11.8 Å². The van der Waals surface area contributed by atoms with Crippen molar-refractivity contribution in [1.82, 2.24) is 4.90 Å². The molecule has 0 aromatic carbocycles. The van der Waals surface area contributed by atoms with Crippen LogP contribution in [0.25, 0.3) is 0 Å². The van der Waals surface area contributed by atoms with E-state index < -0.39 is 5.03 Å². The van der Waals surface area contributed by atoms with Gasteiger partial charge >= 0.3 is 0 Å². The Morgan fingerprint density at radius 2 is 2.31 bits per heavy atom. The molecule has 7 heteroatoms. The van der Waals surface area contributed by atoms with Gasteiger partial charge in [-0.1, -0.05) is 11.8 Å². The molecule has 0 spiro atoms. The van der Waals surface area contributed by atoms with E-state index in [4.69, 9.17) is 5.73 Å². The zero-order valence-corrected chi connectivity index (χ0v) is 8.58. The summed E-state index contributed by atoms with van der Waals surface area (Å²) in [5.41, 5.74) is 5.25. The van der Waals surface area contributed by atoms with Crippen molar-refractivity contribution in [2.45, 2.75) is 6.42 Å². The van der Waals surface area contributed by atoms with E-state index in [1.54, 1.807) is 0 Å². The minimum absolute atomic E-state index is 0.0174. The Balaban J connectivity index is 3.48. The highest BCUT2D eigenvalue weighted by atomic mass is 32.2. The van der Waals surface area contributed by atoms with Crippen LogP contribution in [-0.4, -0.2) is 41.5 Å². The molecule has 0 saturated carbocycles. The van der Waals surface area contributed by atoms with Gasteiger partial charge in [0.2, 0.25) is 5.17 Å². The minimum atomic E-state index is -0.783. The SMILES string of the molecule is CN(C)CCCS/C(N)=N/[N+](=O)[O-]. The lowest BCUT2D eigenvalue weighted by Gasteiger charge is -2.07. The maximum absolute atomic E-state index is 9.87. The van der Waals surface area contributed by atoms with Crippen molar-refractivity contribution in [3.63, 3.8) is 0 Å². The zero-order valence-electron chi connectivity index (χ0n) is 7.77. The van der Waals surface area contributed by atoms with Gasteiger partial charge in [0.1, 0.15) is 0 Å². The summed E-state index contributed by atoms with van der Waals surface area (Å²) in [5.74, 6) is 0.751. The topological polar surface area (TPSA) is 84.8 Å². The zero-order chi connectivity index (χ0) is 10.3. The first kappa shape index (κ1) is 12.2. The molecule has 6 nitrogen and oxygen atoms in total. The summed E-state index contributed by atoms with van der Waals surface area (Å²) in [5, 5.41) is 12.1. The fraction of sp³-hybridized carbons (Fsp3) is 0.833. The largest absolute Gasteiger partial charge is 0.373 e. The van der Waals surface area contributed by atoms with Crippen LogP contribution in [-0.2, 0) is 0 Å². The second-order valence-corrected chi connectivity index (χ2v) is 3.80. The monoisotopic (exact) mass is 206 g/mol. The molecule has 0 aliphatic carbocycles. The van der Waals surface area contributed by atoms with Gasteiger partial charge in [-0.25, -0.2) is 10.1 Å². The van der Waals surface area contributed by atoms with E-state index in [-0.39, 0.29) is 5.17 Å². The van der Waals surface area contributed by atoms with Crippen LogP contribution in [0, 0.1) is 10.1 Å². The number of nitrogens with zero attached hydrogens (tertiary/aromatic N) is 3. The van der Waals surface area contributed by atoms with Gasteiger partial charge in [-0.3, -0.25) is 0 Å². The molecule has 0 radical (unpaired) electrons. The quantitative estimate of drug-likeness (QED) is 0.228. The fourth-order valence-electron chi connectivity index (χ4n) is 0.667. The van der Waals surface area contributed by atoms with Crippen LogP contribution in [0.15, 0.2) is 5.10 Å². The highest BCUT2D eigenvalue weighted by Gasteiger charge is 1.99. The van der Waals surface area contributed by atoms with E-state index in [1.807, 2.05) is 19.0 Å². The summed E-state index contributed by atoms with van der Waals surface area (Å²) in [6.07, 6.45) is 0.936. The molecule has 0 saturated heterocycles. The number of hydrogen-bond donors (Lipinski definition) is 1. The third-order valence-corrected chi connectivity index (χ3v) is 2.05. The number of hydrazone groups is 1. The summed E-state index contributed by atoms with van der Waals surface area (Å²) in [6.45, 7) is 0.943. The second-order valence-electron chi connectivity index (χ2n) is 2.68. The number of hydrogen-bond acceptors (Lipinski definition) is 4. The summed E-state index contributed by atoms with van der Waals surface area (Å²) in [6, 6.07) is 0. The Morgan fingerprint density at radius 1 is 1.69 bits per heavy atom. The molecule has 13 heavy (non-hydrogen) atoms. The normalized spacial score (nSPS) is 12.1. The van der Waals surface area contributed by atoms with Gasteiger partial charge in [-0.2, -0.15) is 0 Å². The highest BCUT2D eigenvalue weighted by molar-refractivity contribution is 8.13. The van der Waals surface area contributed by atoms with E-state index in [0.717, 1.165) is 18.7 Å². The van der Waals surface area contributed by atoms with E-state index in [0.29, 0.717) is 0 Å². The molecule has 0 rings (SSSR count). The van der Waals surface area contributed by atoms with Crippen LogP contribution in [0.2, 0.25) is 0 Å². The van der Waals surface area contributed by atoms with Crippen LogP contribution < -0.4 is 5.73 Å². The molecule has 0 aromatic heterocycles. The molecule has 0 fully saturated rings. The molecule has 0 atom stereocenters. The molecule has 0 amide bonds. The average Bonchev–Trinajstić information content (AvgIpc) is 1.96. The Bertz CT molecular complexity index is 195. The Morgan fingerprint density at radius 3 is 2.77 bits per heavy atom. The van der Waals surface area contributed by atoms with Crippen molar-refractivity contribution in [2.75, 3.05) is 26.4 Å². The van der Waals surface area contributed by atoms with Crippen molar-refractivity contribution in [3.05, 3.63) is 10.1 Å². The summed E-state index contributed by atoms with van der Waals surface area (Å²) in [7, 11) is 3.94. The molecule has 0 unspecified atom stereocenters. The number of amidine groups is 1. The third kappa shape index (κ3) is 9.09. The van der Waals surface area contributed by atoms with Gasteiger partial charge in [0.25, 0.3) is 0 Å². The van der Waals surface area contributed by atoms with Gasteiger partial charge in [-0.15, -0.1) is 0 Å². The first-order chi connectivity index (χ1) is 6.02. The number of rotatable bonds is 5. The molecule has 0 aliphatic rings. The number of nitro groups is 1. The van der Waals surface area contributed by atoms with Crippen LogP contribution in [0.5, 0.6) is 0 Å².